The fraction of sp³-hybridized carbons (Fsp3) is 0.235. The summed E-state index contributed by atoms with van der Waals surface area (Å²) >= 11 is 0. The molecule has 0 saturated carbocycles. The zero-order valence-corrected chi connectivity index (χ0v) is 12.2. The van der Waals surface area contributed by atoms with Crippen molar-refractivity contribution >= 4 is 5.78 Å². The van der Waals surface area contributed by atoms with Gasteiger partial charge in [0.05, 0.1) is 19.3 Å². The Hall–Kier alpha value is -2.33. The minimum absolute atomic E-state index is 0.0595. The summed E-state index contributed by atoms with van der Waals surface area (Å²) in [7, 11) is 1.57. The number of hydrogen-bond acceptors (Lipinski definition) is 4. The van der Waals surface area contributed by atoms with Crippen LogP contribution in [0.25, 0.3) is 0 Å². The van der Waals surface area contributed by atoms with Crippen molar-refractivity contribution in [3.63, 3.8) is 0 Å². The Bertz CT molecular complexity index is 593. The minimum atomic E-state index is -0.0595. The van der Waals surface area contributed by atoms with E-state index >= 15 is 0 Å². The minimum Gasteiger partial charge on any atom is -0.497 e. The van der Waals surface area contributed by atoms with Gasteiger partial charge < -0.3 is 14.2 Å². The maximum Gasteiger partial charge on any atom is 0.189 e. The third-order valence-electron chi connectivity index (χ3n) is 2.98. The number of ketones is 1. The molecule has 0 atom stereocenters. The van der Waals surface area contributed by atoms with Crippen LogP contribution in [0, 0.1) is 0 Å². The van der Waals surface area contributed by atoms with E-state index in [1.165, 1.54) is 6.92 Å². The van der Waals surface area contributed by atoms with Gasteiger partial charge in [-0.25, -0.2) is 0 Å². The summed E-state index contributed by atoms with van der Waals surface area (Å²) < 4.78 is 16.1. The van der Waals surface area contributed by atoms with Crippen LogP contribution in [0.1, 0.15) is 22.8 Å². The van der Waals surface area contributed by atoms with Crippen molar-refractivity contribution in [3.05, 3.63) is 59.7 Å². The molecular formula is C17H18O4. The Kier molecular flexibility index (Phi) is 5.35. The Morgan fingerprint density at radius 2 is 1.86 bits per heavy atom. The molecule has 4 heteroatoms. The molecule has 0 bridgehead atoms. The molecule has 0 heterocycles. The molecule has 0 fully saturated rings. The van der Waals surface area contributed by atoms with Gasteiger partial charge in [-0.3, -0.25) is 4.79 Å². The van der Waals surface area contributed by atoms with Gasteiger partial charge in [-0.05, 0) is 24.6 Å². The number of carbonyl (C=O) groups is 1. The van der Waals surface area contributed by atoms with E-state index in [9.17, 15) is 4.79 Å². The number of Topliss-reactive ketones (excluding diaryl/α,β-unsaturated/α-hetero) is 1. The Labute approximate surface area is 124 Å². The molecule has 0 aliphatic rings. The molecule has 0 radical (unpaired) electrons. The molecule has 0 amide bonds. The number of carbonyl (C=O) groups excluding carboxylic acids is 1. The first-order chi connectivity index (χ1) is 10.2. The van der Waals surface area contributed by atoms with Gasteiger partial charge in [-0.1, -0.05) is 30.3 Å². The Morgan fingerprint density at radius 3 is 2.52 bits per heavy atom. The molecule has 0 aromatic heterocycles. The van der Waals surface area contributed by atoms with Gasteiger partial charge >= 0.3 is 0 Å². The molecule has 0 aliphatic heterocycles. The number of benzene rings is 2. The zero-order valence-electron chi connectivity index (χ0n) is 12.2. The second kappa shape index (κ2) is 7.45. The zero-order chi connectivity index (χ0) is 15.1. The van der Waals surface area contributed by atoms with Crippen molar-refractivity contribution < 1.29 is 19.0 Å². The third-order valence-corrected chi connectivity index (χ3v) is 2.98. The van der Waals surface area contributed by atoms with E-state index in [1.54, 1.807) is 25.3 Å². The summed E-state index contributed by atoms with van der Waals surface area (Å²) in [5, 5.41) is 0. The van der Waals surface area contributed by atoms with Crippen LogP contribution in [0.15, 0.2) is 48.5 Å². The number of ether oxygens (including phenoxy) is 3. The standard InChI is InChI=1S/C17H18O4/c1-13(18)16-9-8-15(19-2)10-17(16)21-12-20-11-14-6-4-3-5-7-14/h3-10H,11-12H2,1-2H3. The van der Waals surface area contributed by atoms with E-state index in [2.05, 4.69) is 0 Å². The number of methoxy groups -OCH3 is 1. The summed E-state index contributed by atoms with van der Waals surface area (Å²) in [6.45, 7) is 2.03. The van der Waals surface area contributed by atoms with Gasteiger partial charge in [0, 0.05) is 6.07 Å². The van der Waals surface area contributed by atoms with Crippen molar-refractivity contribution in [2.45, 2.75) is 13.5 Å². The van der Waals surface area contributed by atoms with Crippen LogP contribution in [0.4, 0.5) is 0 Å². The molecule has 0 spiro atoms. The average Bonchev–Trinajstić information content (AvgIpc) is 2.52. The average molecular weight is 286 g/mol. The molecule has 0 N–H and O–H groups in total. The van der Waals surface area contributed by atoms with Crippen LogP contribution in [0.3, 0.4) is 0 Å². The van der Waals surface area contributed by atoms with Crippen LogP contribution in [-0.4, -0.2) is 19.7 Å². The topological polar surface area (TPSA) is 44.8 Å². The van der Waals surface area contributed by atoms with Gasteiger partial charge in [-0.2, -0.15) is 0 Å². The van der Waals surface area contributed by atoms with Gasteiger partial charge in [0.1, 0.15) is 11.5 Å². The molecule has 2 rings (SSSR count). The molecule has 21 heavy (non-hydrogen) atoms. The van der Waals surface area contributed by atoms with Crippen LogP contribution in [-0.2, 0) is 11.3 Å². The summed E-state index contributed by atoms with van der Waals surface area (Å²) in [5.74, 6) is 1.05. The van der Waals surface area contributed by atoms with Crippen LogP contribution in [0.5, 0.6) is 11.5 Å². The largest absolute Gasteiger partial charge is 0.497 e. The summed E-state index contributed by atoms with van der Waals surface area (Å²) in [5.41, 5.74) is 1.58. The van der Waals surface area contributed by atoms with E-state index in [1.807, 2.05) is 30.3 Å². The lowest BCUT2D eigenvalue weighted by molar-refractivity contribution is 0.00459. The van der Waals surface area contributed by atoms with Gasteiger partial charge in [0.25, 0.3) is 0 Å². The van der Waals surface area contributed by atoms with Crippen molar-refractivity contribution in [1.29, 1.82) is 0 Å². The lowest BCUT2D eigenvalue weighted by Crippen LogP contribution is -2.06. The first-order valence-corrected chi connectivity index (χ1v) is 6.64. The predicted octanol–water partition coefficient (Wildman–Crippen LogP) is 3.45. The van der Waals surface area contributed by atoms with Gasteiger partial charge in [0.15, 0.2) is 12.6 Å². The summed E-state index contributed by atoms with van der Waals surface area (Å²) in [6.07, 6.45) is 0. The highest BCUT2D eigenvalue weighted by Gasteiger charge is 2.10. The van der Waals surface area contributed by atoms with Gasteiger partial charge in [-0.15, -0.1) is 0 Å². The van der Waals surface area contributed by atoms with Crippen LogP contribution >= 0.6 is 0 Å². The molecule has 0 aliphatic carbocycles. The molecule has 0 saturated heterocycles. The Balaban J connectivity index is 1.94. The number of hydrogen-bond donors (Lipinski definition) is 0. The third kappa shape index (κ3) is 4.33. The van der Waals surface area contributed by atoms with Crippen molar-refractivity contribution in [1.82, 2.24) is 0 Å². The molecule has 2 aromatic rings. The molecule has 2 aromatic carbocycles. The first kappa shape index (κ1) is 15.1. The van der Waals surface area contributed by atoms with Crippen LogP contribution < -0.4 is 9.47 Å². The maximum absolute atomic E-state index is 11.6. The Morgan fingerprint density at radius 1 is 1.10 bits per heavy atom. The molecule has 0 unspecified atom stereocenters. The monoisotopic (exact) mass is 286 g/mol. The van der Waals surface area contributed by atoms with Crippen molar-refractivity contribution in [2.24, 2.45) is 0 Å². The first-order valence-electron chi connectivity index (χ1n) is 6.64. The second-order valence-electron chi connectivity index (χ2n) is 4.51. The summed E-state index contributed by atoms with van der Waals surface area (Å²) in [4.78, 5) is 11.6. The van der Waals surface area contributed by atoms with Crippen molar-refractivity contribution in [2.75, 3.05) is 13.9 Å². The van der Waals surface area contributed by atoms with E-state index in [0.717, 1.165) is 5.56 Å². The quantitative estimate of drug-likeness (QED) is 0.444. The highest BCUT2D eigenvalue weighted by atomic mass is 16.7. The molecule has 110 valence electrons. The fourth-order valence-corrected chi connectivity index (χ4v) is 1.88. The SMILES string of the molecule is COc1ccc(C(C)=O)c(OCOCc2ccccc2)c1. The smallest absolute Gasteiger partial charge is 0.189 e. The highest BCUT2D eigenvalue weighted by Crippen LogP contribution is 2.25. The van der Waals surface area contributed by atoms with E-state index < -0.39 is 0 Å². The predicted molar refractivity (Wildman–Crippen MR) is 79.7 cm³/mol. The molecular weight excluding hydrogens is 268 g/mol. The van der Waals surface area contributed by atoms with Gasteiger partial charge in [0.2, 0.25) is 0 Å². The fourth-order valence-electron chi connectivity index (χ4n) is 1.88. The second-order valence-corrected chi connectivity index (χ2v) is 4.51. The highest BCUT2D eigenvalue weighted by molar-refractivity contribution is 5.97. The van der Waals surface area contributed by atoms with E-state index in [4.69, 9.17) is 14.2 Å². The lowest BCUT2D eigenvalue weighted by atomic mass is 10.1. The van der Waals surface area contributed by atoms with E-state index in [0.29, 0.717) is 23.7 Å². The maximum atomic E-state index is 11.6. The van der Waals surface area contributed by atoms with Crippen molar-refractivity contribution in [3.8, 4) is 11.5 Å². The molecule has 4 nitrogen and oxygen atoms in total. The lowest BCUT2D eigenvalue weighted by Gasteiger charge is -2.11. The number of rotatable bonds is 7. The van der Waals surface area contributed by atoms with Crippen LogP contribution in [0.2, 0.25) is 0 Å². The normalized spacial score (nSPS) is 10.2. The van der Waals surface area contributed by atoms with E-state index in [-0.39, 0.29) is 12.6 Å². The summed E-state index contributed by atoms with van der Waals surface area (Å²) in [6, 6.07) is 14.9.